The Bertz CT molecular complexity index is 954. The largest absolute Gasteiger partial charge is 0.488 e. The van der Waals surface area contributed by atoms with Gasteiger partial charge in [0.25, 0.3) is 5.91 Å². The van der Waals surface area contributed by atoms with Gasteiger partial charge in [0.05, 0.1) is 23.9 Å². The van der Waals surface area contributed by atoms with Crippen molar-refractivity contribution < 1.29 is 9.53 Å². The number of nitrogens with one attached hydrogen (secondary N) is 2. The number of benzene rings is 1. The number of nitrogens with zero attached hydrogens (tertiary/aromatic N) is 3. The van der Waals surface area contributed by atoms with Crippen molar-refractivity contribution in [2.75, 3.05) is 31.1 Å². The molecule has 0 saturated carbocycles. The van der Waals surface area contributed by atoms with Gasteiger partial charge in [0.1, 0.15) is 12.3 Å². The minimum absolute atomic E-state index is 0.0617. The van der Waals surface area contributed by atoms with Crippen LogP contribution in [-0.2, 0) is 0 Å². The van der Waals surface area contributed by atoms with Gasteiger partial charge in [0.15, 0.2) is 11.6 Å². The molecule has 0 aliphatic carbocycles. The van der Waals surface area contributed by atoms with E-state index in [0.717, 1.165) is 60.8 Å². The van der Waals surface area contributed by atoms with Crippen LogP contribution in [0.1, 0.15) is 29.8 Å². The third kappa shape index (κ3) is 2.51. The van der Waals surface area contributed by atoms with Gasteiger partial charge < -0.3 is 24.5 Å². The van der Waals surface area contributed by atoms with Crippen molar-refractivity contribution in [3.05, 3.63) is 36.3 Å². The Balaban J connectivity index is 1.48. The first-order valence-electron chi connectivity index (χ1n) is 9.15. The summed E-state index contributed by atoms with van der Waals surface area (Å²) in [4.78, 5) is 27.6. The van der Waals surface area contributed by atoms with Gasteiger partial charge in [-0.2, -0.15) is 0 Å². The van der Waals surface area contributed by atoms with E-state index in [9.17, 15) is 4.79 Å². The van der Waals surface area contributed by atoms with Crippen LogP contribution in [0.25, 0.3) is 11.0 Å². The van der Waals surface area contributed by atoms with E-state index in [-0.39, 0.29) is 5.91 Å². The third-order valence-electron chi connectivity index (χ3n) is 5.19. The summed E-state index contributed by atoms with van der Waals surface area (Å²) in [6, 6.07) is 7.96. The number of likely N-dealkylation sites (tertiary alicyclic amines) is 1. The summed E-state index contributed by atoms with van der Waals surface area (Å²) < 4.78 is 5.80. The molecule has 0 atom stereocenters. The zero-order valence-electron chi connectivity index (χ0n) is 14.5. The van der Waals surface area contributed by atoms with Crippen LogP contribution in [0.3, 0.4) is 0 Å². The Hall–Kier alpha value is -2.96. The van der Waals surface area contributed by atoms with Gasteiger partial charge in [-0.3, -0.25) is 4.79 Å². The van der Waals surface area contributed by atoms with E-state index in [1.807, 2.05) is 23.1 Å². The molecule has 26 heavy (non-hydrogen) atoms. The Morgan fingerprint density at radius 2 is 2.00 bits per heavy atom. The highest BCUT2D eigenvalue weighted by molar-refractivity contribution is 5.95. The predicted octanol–water partition coefficient (Wildman–Crippen LogP) is 3.05. The highest BCUT2D eigenvalue weighted by atomic mass is 16.5. The topological polar surface area (TPSA) is 77.2 Å². The van der Waals surface area contributed by atoms with Crippen LogP contribution in [0.15, 0.2) is 30.6 Å². The lowest BCUT2D eigenvalue weighted by atomic mass is 10.1. The number of fused-ring (bicyclic) bond motifs is 2. The normalized spacial score (nSPS) is 17.2. The van der Waals surface area contributed by atoms with Crippen molar-refractivity contribution >= 4 is 28.4 Å². The molecule has 3 aromatic rings. The van der Waals surface area contributed by atoms with Crippen LogP contribution in [0.2, 0.25) is 0 Å². The molecule has 5 rings (SSSR count). The fourth-order valence-corrected chi connectivity index (χ4v) is 3.83. The van der Waals surface area contributed by atoms with E-state index in [2.05, 4.69) is 25.9 Å². The minimum atomic E-state index is 0.0617. The van der Waals surface area contributed by atoms with Crippen LogP contribution < -0.4 is 9.64 Å². The molecule has 7 heteroatoms. The third-order valence-corrected chi connectivity index (χ3v) is 5.19. The molecule has 0 radical (unpaired) electrons. The van der Waals surface area contributed by atoms with E-state index in [1.165, 1.54) is 6.42 Å². The second-order valence-corrected chi connectivity index (χ2v) is 6.85. The predicted molar refractivity (Wildman–Crippen MR) is 99.1 cm³/mol. The summed E-state index contributed by atoms with van der Waals surface area (Å²) in [6.07, 6.45) is 5.07. The molecule has 2 aliphatic rings. The van der Waals surface area contributed by atoms with E-state index < -0.39 is 0 Å². The first-order chi connectivity index (χ1) is 12.8. The van der Waals surface area contributed by atoms with Crippen molar-refractivity contribution in [1.29, 1.82) is 0 Å². The van der Waals surface area contributed by atoms with E-state index >= 15 is 0 Å². The SMILES string of the molecule is O=C(c1cc2c([nH]1)N(c1ccc3nc[nH]c3c1)CCO2)N1CCCCC1. The molecule has 2 aliphatic heterocycles. The molecule has 134 valence electrons. The summed E-state index contributed by atoms with van der Waals surface area (Å²) >= 11 is 0. The van der Waals surface area contributed by atoms with Gasteiger partial charge in [-0.1, -0.05) is 0 Å². The monoisotopic (exact) mass is 351 g/mol. The molecular weight excluding hydrogens is 330 g/mol. The quantitative estimate of drug-likeness (QED) is 0.744. The Kier molecular flexibility index (Phi) is 3.58. The first-order valence-corrected chi connectivity index (χ1v) is 9.15. The maximum absolute atomic E-state index is 12.8. The van der Waals surface area contributed by atoms with Crippen LogP contribution in [0.5, 0.6) is 5.75 Å². The number of carbonyl (C=O) groups is 1. The number of H-pyrrole nitrogens is 2. The number of imidazole rings is 1. The minimum Gasteiger partial charge on any atom is -0.488 e. The second kappa shape index (κ2) is 6.09. The average Bonchev–Trinajstić information content (AvgIpc) is 3.33. The number of amides is 1. The van der Waals surface area contributed by atoms with Crippen molar-refractivity contribution in [2.24, 2.45) is 0 Å². The van der Waals surface area contributed by atoms with Crippen LogP contribution in [0.4, 0.5) is 11.5 Å². The molecule has 2 aromatic heterocycles. The van der Waals surface area contributed by atoms with Crippen molar-refractivity contribution in [3.63, 3.8) is 0 Å². The van der Waals surface area contributed by atoms with Gasteiger partial charge in [-0.15, -0.1) is 0 Å². The van der Waals surface area contributed by atoms with Gasteiger partial charge in [-0.25, -0.2) is 4.98 Å². The molecule has 1 fully saturated rings. The number of aromatic nitrogens is 3. The summed E-state index contributed by atoms with van der Waals surface area (Å²) in [5.74, 6) is 1.64. The average molecular weight is 351 g/mol. The maximum Gasteiger partial charge on any atom is 0.270 e. The maximum atomic E-state index is 12.8. The summed E-state index contributed by atoms with van der Waals surface area (Å²) in [5.41, 5.74) is 3.58. The number of aromatic amines is 2. The van der Waals surface area contributed by atoms with Gasteiger partial charge in [0, 0.05) is 24.8 Å². The number of hydrogen-bond acceptors (Lipinski definition) is 4. The summed E-state index contributed by atoms with van der Waals surface area (Å²) in [6.45, 7) is 2.99. The molecule has 4 heterocycles. The summed E-state index contributed by atoms with van der Waals surface area (Å²) in [7, 11) is 0. The van der Waals surface area contributed by atoms with Crippen molar-refractivity contribution in [2.45, 2.75) is 19.3 Å². The number of rotatable bonds is 2. The molecule has 1 aromatic carbocycles. The Labute approximate surface area is 151 Å². The Morgan fingerprint density at radius 3 is 2.88 bits per heavy atom. The highest BCUT2D eigenvalue weighted by Crippen LogP contribution is 2.37. The molecule has 0 spiro atoms. The van der Waals surface area contributed by atoms with Crippen molar-refractivity contribution in [1.82, 2.24) is 19.9 Å². The number of ether oxygens (including phenoxy) is 1. The Morgan fingerprint density at radius 1 is 1.12 bits per heavy atom. The first kappa shape index (κ1) is 15.3. The van der Waals surface area contributed by atoms with Gasteiger partial charge in [0.2, 0.25) is 0 Å². The zero-order valence-corrected chi connectivity index (χ0v) is 14.5. The van der Waals surface area contributed by atoms with E-state index in [0.29, 0.717) is 12.3 Å². The lowest BCUT2D eigenvalue weighted by Crippen LogP contribution is -2.35. The summed E-state index contributed by atoms with van der Waals surface area (Å²) in [5, 5.41) is 0. The standard InChI is InChI=1S/C19H21N5O2/c25-19(23-6-2-1-3-7-23)16-11-17-18(22-16)24(8-9-26-17)13-4-5-14-15(10-13)21-12-20-14/h4-5,10-12,22H,1-3,6-9H2,(H,20,21). The lowest BCUT2D eigenvalue weighted by molar-refractivity contribution is 0.0719. The smallest absolute Gasteiger partial charge is 0.270 e. The van der Waals surface area contributed by atoms with E-state index in [4.69, 9.17) is 4.74 Å². The fourth-order valence-electron chi connectivity index (χ4n) is 3.83. The lowest BCUT2D eigenvalue weighted by Gasteiger charge is -2.28. The molecule has 0 bridgehead atoms. The number of piperidine rings is 1. The van der Waals surface area contributed by atoms with Gasteiger partial charge >= 0.3 is 0 Å². The second-order valence-electron chi connectivity index (χ2n) is 6.85. The van der Waals surface area contributed by atoms with Crippen LogP contribution in [-0.4, -0.2) is 52.0 Å². The molecule has 0 unspecified atom stereocenters. The van der Waals surface area contributed by atoms with Crippen molar-refractivity contribution in [3.8, 4) is 5.75 Å². The molecule has 1 amide bonds. The number of hydrogen-bond donors (Lipinski definition) is 2. The number of anilines is 2. The zero-order chi connectivity index (χ0) is 17.5. The van der Waals surface area contributed by atoms with E-state index in [1.54, 1.807) is 6.33 Å². The van der Waals surface area contributed by atoms with Gasteiger partial charge in [-0.05, 0) is 37.5 Å². The number of carbonyl (C=O) groups excluding carboxylic acids is 1. The molecule has 2 N–H and O–H groups in total. The van der Waals surface area contributed by atoms with Crippen LogP contribution in [0, 0.1) is 0 Å². The molecule has 7 nitrogen and oxygen atoms in total. The molecule has 1 saturated heterocycles. The van der Waals surface area contributed by atoms with Crippen LogP contribution >= 0.6 is 0 Å². The highest BCUT2D eigenvalue weighted by Gasteiger charge is 2.27. The fraction of sp³-hybridized carbons (Fsp3) is 0.368. The molecular formula is C19H21N5O2.